The van der Waals surface area contributed by atoms with Gasteiger partial charge in [-0.1, -0.05) is 12.1 Å². The summed E-state index contributed by atoms with van der Waals surface area (Å²) in [6, 6.07) is 6.66. The lowest BCUT2D eigenvalue weighted by Gasteiger charge is -2.22. The Morgan fingerprint density at radius 1 is 1.25 bits per heavy atom. The molecule has 1 heterocycles. The van der Waals surface area contributed by atoms with Gasteiger partial charge in [0.25, 0.3) is 0 Å². The first-order chi connectivity index (χ1) is 9.35. The molecule has 0 aliphatic rings. The number of fused-ring (bicyclic) bond motifs is 1. The highest BCUT2D eigenvalue weighted by Gasteiger charge is 2.32. The second-order valence-corrected chi connectivity index (χ2v) is 4.08. The smallest absolute Gasteiger partial charge is 0.405 e. The largest absolute Gasteiger partial charge is 0.480 e. The monoisotopic (exact) mass is 285 g/mol. The first-order valence-corrected chi connectivity index (χ1v) is 5.60. The molecule has 1 N–H and O–H groups in total. The van der Waals surface area contributed by atoms with Crippen molar-refractivity contribution in [1.82, 2.24) is 9.97 Å². The Labute approximate surface area is 111 Å². The maximum Gasteiger partial charge on any atom is 0.405 e. The molecule has 0 bridgehead atoms. The van der Waals surface area contributed by atoms with Crippen molar-refractivity contribution in [3.8, 4) is 0 Å². The van der Waals surface area contributed by atoms with Crippen LogP contribution >= 0.6 is 0 Å². The van der Waals surface area contributed by atoms with E-state index < -0.39 is 25.2 Å². The molecule has 0 unspecified atom stereocenters. The maximum absolute atomic E-state index is 12.5. The summed E-state index contributed by atoms with van der Waals surface area (Å²) in [5.74, 6) is -1.49. The first-order valence-electron chi connectivity index (χ1n) is 5.60. The number of carboxylic acid groups (broad SMARTS) is 1. The van der Waals surface area contributed by atoms with Crippen LogP contribution in [0.2, 0.25) is 0 Å². The lowest BCUT2D eigenvalue weighted by Crippen LogP contribution is -2.38. The number of aromatic nitrogens is 2. The van der Waals surface area contributed by atoms with Crippen molar-refractivity contribution in [3.63, 3.8) is 0 Å². The van der Waals surface area contributed by atoms with Gasteiger partial charge in [-0.3, -0.25) is 9.78 Å². The molecule has 1 aromatic carbocycles. The Hall–Kier alpha value is -2.38. The van der Waals surface area contributed by atoms with E-state index in [1.54, 1.807) is 24.3 Å². The van der Waals surface area contributed by atoms with Crippen LogP contribution in [-0.4, -0.2) is 40.3 Å². The van der Waals surface area contributed by atoms with Gasteiger partial charge in [-0.05, 0) is 12.1 Å². The number of carbonyl (C=O) groups is 1. The number of hydrogen-bond acceptors (Lipinski definition) is 4. The van der Waals surface area contributed by atoms with E-state index in [4.69, 9.17) is 5.11 Å². The Balaban J connectivity index is 2.36. The minimum absolute atomic E-state index is 0.122. The highest BCUT2D eigenvalue weighted by atomic mass is 19.4. The number of nitrogens with zero attached hydrogens (tertiary/aromatic N) is 3. The zero-order valence-corrected chi connectivity index (χ0v) is 10.1. The van der Waals surface area contributed by atoms with Crippen LogP contribution in [0.3, 0.4) is 0 Å². The van der Waals surface area contributed by atoms with Gasteiger partial charge in [0, 0.05) is 0 Å². The topological polar surface area (TPSA) is 66.3 Å². The summed E-state index contributed by atoms with van der Waals surface area (Å²) < 4.78 is 37.4. The lowest BCUT2D eigenvalue weighted by atomic mass is 10.3. The van der Waals surface area contributed by atoms with Crippen molar-refractivity contribution in [3.05, 3.63) is 30.5 Å². The Bertz CT molecular complexity index is 631. The van der Waals surface area contributed by atoms with Gasteiger partial charge < -0.3 is 10.0 Å². The molecule has 0 atom stereocenters. The molecule has 5 nitrogen and oxygen atoms in total. The molecule has 0 aliphatic carbocycles. The summed E-state index contributed by atoms with van der Waals surface area (Å²) in [5.41, 5.74) is 0.932. The number of rotatable bonds is 4. The summed E-state index contributed by atoms with van der Waals surface area (Å²) >= 11 is 0. The molecular weight excluding hydrogens is 275 g/mol. The third kappa shape index (κ3) is 3.56. The number of hydrogen-bond donors (Lipinski definition) is 1. The van der Waals surface area contributed by atoms with Crippen molar-refractivity contribution < 1.29 is 23.1 Å². The standard InChI is InChI=1S/C12H10F3N3O2/c13-12(14,15)7-18(6-11(19)20)10-5-16-8-3-1-2-4-9(8)17-10/h1-5H,6-7H2,(H,19,20). The summed E-state index contributed by atoms with van der Waals surface area (Å²) in [5, 5.41) is 8.70. The minimum Gasteiger partial charge on any atom is -0.480 e. The van der Waals surface area contributed by atoms with Crippen LogP contribution in [0.5, 0.6) is 0 Å². The Morgan fingerprint density at radius 3 is 2.50 bits per heavy atom. The number of aliphatic carboxylic acids is 1. The predicted octanol–water partition coefficient (Wildman–Crippen LogP) is 2.08. The van der Waals surface area contributed by atoms with E-state index in [2.05, 4.69) is 9.97 Å². The number of anilines is 1. The first kappa shape index (κ1) is 14.0. The van der Waals surface area contributed by atoms with Gasteiger partial charge in [0.2, 0.25) is 0 Å². The van der Waals surface area contributed by atoms with E-state index in [9.17, 15) is 18.0 Å². The van der Waals surface area contributed by atoms with Gasteiger partial charge in [0.15, 0.2) is 0 Å². The Kier molecular flexibility index (Phi) is 3.73. The molecule has 2 aromatic rings. The lowest BCUT2D eigenvalue weighted by molar-refractivity contribution is -0.136. The fraction of sp³-hybridized carbons (Fsp3) is 0.250. The van der Waals surface area contributed by atoms with Crippen LogP contribution in [0, 0.1) is 0 Å². The van der Waals surface area contributed by atoms with Gasteiger partial charge >= 0.3 is 12.1 Å². The van der Waals surface area contributed by atoms with Crippen molar-refractivity contribution in [2.75, 3.05) is 18.0 Å². The van der Waals surface area contributed by atoms with Gasteiger partial charge in [0.05, 0.1) is 17.2 Å². The number of benzene rings is 1. The van der Waals surface area contributed by atoms with E-state index >= 15 is 0 Å². The molecule has 0 saturated heterocycles. The number of carboxylic acids is 1. The van der Waals surface area contributed by atoms with E-state index in [0.29, 0.717) is 15.9 Å². The van der Waals surface area contributed by atoms with E-state index in [1.807, 2.05) is 0 Å². The zero-order valence-electron chi connectivity index (χ0n) is 10.1. The predicted molar refractivity (Wildman–Crippen MR) is 65.4 cm³/mol. The fourth-order valence-corrected chi connectivity index (χ4v) is 1.70. The van der Waals surface area contributed by atoms with Crippen LogP contribution in [-0.2, 0) is 4.79 Å². The van der Waals surface area contributed by atoms with Crippen molar-refractivity contribution in [2.45, 2.75) is 6.18 Å². The quantitative estimate of drug-likeness (QED) is 0.931. The molecule has 0 spiro atoms. The fourth-order valence-electron chi connectivity index (χ4n) is 1.70. The summed E-state index contributed by atoms with van der Waals surface area (Å²) in [7, 11) is 0. The number of halogens is 3. The third-order valence-corrected chi connectivity index (χ3v) is 2.46. The van der Waals surface area contributed by atoms with E-state index in [-0.39, 0.29) is 5.82 Å². The molecule has 2 rings (SSSR count). The van der Waals surface area contributed by atoms with E-state index in [0.717, 1.165) is 6.20 Å². The van der Waals surface area contributed by atoms with Crippen molar-refractivity contribution in [1.29, 1.82) is 0 Å². The van der Waals surface area contributed by atoms with Crippen LogP contribution in [0.25, 0.3) is 11.0 Å². The average molecular weight is 285 g/mol. The molecule has 1 aromatic heterocycles. The van der Waals surface area contributed by atoms with Crippen LogP contribution in [0.1, 0.15) is 0 Å². The van der Waals surface area contributed by atoms with Crippen LogP contribution in [0.15, 0.2) is 30.5 Å². The molecule has 0 fully saturated rings. The molecule has 8 heteroatoms. The molecule has 0 saturated carbocycles. The number of para-hydroxylation sites is 2. The zero-order chi connectivity index (χ0) is 14.8. The van der Waals surface area contributed by atoms with Crippen LogP contribution < -0.4 is 4.90 Å². The van der Waals surface area contributed by atoms with Gasteiger partial charge in [-0.2, -0.15) is 13.2 Å². The van der Waals surface area contributed by atoms with Gasteiger partial charge in [-0.25, -0.2) is 4.98 Å². The molecule has 0 amide bonds. The average Bonchev–Trinajstić information content (AvgIpc) is 2.35. The third-order valence-electron chi connectivity index (χ3n) is 2.46. The summed E-state index contributed by atoms with van der Waals surface area (Å²) in [4.78, 5) is 19.3. The van der Waals surface area contributed by atoms with E-state index in [1.165, 1.54) is 0 Å². The second kappa shape index (κ2) is 5.32. The summed E-state index contributed by atoms with van der Waals surface area (Å²) in [6.45, 7) is -2.20. The molecular formula is C12H10F3N3O2. The van der Waals surface area contributed by atoms with Crippen LogP contribution in [0.4, 0.5) is 19.0 Å². The molecule has 0 radical (unpaired) electrons. The Morgan fingerprint density at radius 2 is 1.90 bits per heavy atom. The number of alkyl halides is 3. The van der Waals surface area contributed by atoms with Gasteiger partial charge in [-0.15, -0.1) is 0 Å². The maximum atomic E-state index is 12.5. The molecule has 106 valence electrons. The van der Waals surface area contributed by atoms with Gasteiger partial charge in [0.1, 0.15) is 18.9 Å². The van der Waals surface area contributed by atoms with Crippen molar-refractivity contribution in [2.24, 2.45) is 0 Å². The SMILES string of the molecule is O=C(O)CN(CC(F)(F)F)c1cnc2ccccc2n1. The normalized spacial score (nSPS) is 11.6. The highest BCUT2D eigenvalue weighted by molar-refractivity contribution is 5.77. The molecule has 20 heavy (non-hydrogen) atoms. The molecule has 0 aliphatic heterocycles. The second-order valence-electron chi connectivity index (χ2n) is 4.08. The van der Waals surface area contributed by atoms with Crippen molar-refractivity contribution >= 4 is 22.8 Å². The minimum atomic E-state index is -4.53. The highest BCUT2D eigenvalue weighted by Crippen LogP contribution is 2.21. The summed E-state index contributed by atoms with van der Waals surface area (Å²) in [6.07, 6.45) is -3.39.